The zero-order valence-corrected chi connectivity index (χ0v) is 8.04. The van der Waals surface area contributed by atoms with E-state index in [1.54, 1.807) is 0 Å². The highest BCUT2D eigenvalue weighted by Gasteiger charge is 2.27. The number of ether oxygens (including phenoxy) is 2. The summed E-state index contributed by atoms with van der Waals surface area (Å²) < 4.78 is 60.9. The molecule has 0 atom stereocenters. The number of hydrogen-bond donors (Lipinski definition) is 0. The van der Waals surface area contributed by atoms with Gasteiger partial charge in [0.25, 0.3) is 0 Å². The molecule has 2 nitrogen and oxygen atoms in total. The van der Waals surface area contributed by atoms with Gasteiger partial charge in [-0.25, -0.2) is 0 Å². The lowest BCUT2D eigenvalue weighted by Crippen LogP contribution is -2.06. The van der Waals surface area contributed by atoms with Gasteiger partial charge >= 0.3 is 0 Å². The number of halogens is 4. The zero-order chi connectivity index (χ0) is 11.6. The van der Waals surface area contributed by atoms with Gasteiger partial charge in [-0.2, -0.15) is 17.6 Å². The number of benzene rings is 1. The van der Waals surface area contributed by atoms with E-state index in [1.807, 2.05) is 0 Å². The van der Waals surface area contributed by atoms with Gasteiger partial charge in [-0.1, -0.05) is 0 Å². The molecular weight excluding hydrogens is 216 g/mol. The largest absolute Gasteiger partial charge is 0.491 e. The van der Waals surface area contributed by atoms with Gasteiger partial charge in [-0.05, 0) is 6.92 Å². The summed E-state index contributed by atoms with van der Waals surface area (Å²) in [4.78, 5) is 0. The van der Waals surface area contributed by atoms with Crippen LogP contribution in [0.15, 0.2) is 0 Å². The van der Waals surface area contributed by atoms with Gasteiger partial charge in [0.05, 0.1) is 13.7 Å². The Morgan fingerprint density at radius 1 is 0.867 bits per heavy atom. The smallest absolute Gasteiger partial charge is 0.207 e. The van der Waals surface area contributed by atoms with Crippen LogP contribution >= 0.6 is 0 Å². The summed E-state index contributed by atoms with van der Waals surface area (Å²) in [6, 6.07) is 0. The fourth-order valence-corrected chi connectivity index (χ4v) is 1.04. The number of rotatable bonds is 3. The molecule has 0 amide bonds. The van der Waals surface area contributed by atoms with Crippen LogP contribution in [0.1, 0.15) is 6.92 Å². The fraction of sp³-hybridized carbons (Fsp3) is 0.333. The lowest BCUT2D eigenvalue weighted by Gasteiger charge is -2.10. The standard InChI is InChI=1S/C9H8F4O2/c1-3-15-9-6(12)4(10)8(14-2)5(11)7(9)13/h3H2,1-2H3. The van der Waals surface area contributed by atoms with Crippen LogP contribution in [0.4, 0.5) is 17.6 Å². The van der Waals surface area contributed by atoms with Crippen molar-refractivity contribution >= 4 is 0 Å². The Morgan fingerprint density at radius 2 is 1.27 bits per heavy atom. The van der Waals surface area contributed by atoms with Crippen LogP contribution in [-0.2, 0) is 0 Å². The molecule has 0 heterocycles. The highest BCUT2D eigenvalue weighted by atomic mass is 19.2. The van der Waals surface area contributed by atoms with E-state index in [0.717, 1.165) is 7.11 Å². The van der Waals surface area contributed by atoms with Crippen LogP contribution in [0.3, 0.4) is 0 Å². The maximum absolute atomic E-state index is 13.1. The third kappa shape index (κ3) is 1.84. The minimum absolute atomic E-state index is 0.112. The molecule has 0 N–H and O–H groups in total. The van der Waals surface area contributed by atoms with Crippen LogP contribution in [-0.4, -0.2) is 13.7 Å². The van der Waals surface area contributed by atoms with Crippen molar-refractivity contribution in [3.8, 4) is 11.5 Å². The summed E-state index contributed by atoms with van der Waals surface area (Å²) in [5.74, 6) is -8.61. The summed E-state index contributed by atoms with van der Waals surface area (Å²) in [5, 5.41) is 0. The molecule has 0 saturated heterocycles. The van der Waals surface area contributed by atoms with Crippen molar-refractivity contribution in [3.05, 3.63) is 23.3 Å². The minimum atomic E-state index is -1.61. The van der Waals surface area contributed by atoms with Crippen LogP contribution in [0.2, 0.25) is 0 Å². The quantitative estimate of drug-likeness (QED) is 0.580. The molecule has 0 aliphatic rings. The molecule has 6 heteroatoms. The lowest BCUT2D eigenvalue weighted by molar-refractivity contribution is 0.271. The highest BCUT2D eigenvalue weighted by molar-refractivity contribution is 5.38. The predicted molar refractivity (Wildman–Crippen MR) is 44.0 cm³/mol. The second-order valence-corrected chi connectivity index (χ2v) is 2.55. The highest BCUT2D eigenvalue weighted by Crippen LogP contribution is 2.34. The van der Waals surface area contributed by atoms with Crippen LogP contribution < -0.4 is 9.47 Å². The molecule has 84 valence electrons. The molecule has 0 aromatic heterocycles. The van der Waals surface area contributed by atoms with Crippen LogP contribution in [0, 0.1) is 23.3 Å². The Labute approximate surface area is 83.4 Å². The first-order valence-electron chi connectivity index (χ1n) is 4.07. The summed E-state index contributed by atoms with van der Waals surface area (Å²) in [5.41, 5.74) is 0. The van der Waals surface area contributed by atoms with Crippen molar-refractivity contribution in [2.24, 2.45) is 0 Å². The van der Waals surface area contributed by atoms with Gasteiger partial charge in [0.1, 0.15) is 0 Å². The Hall–Kier alpha value is -1.46. The van der Waals surface area contributed by atoms with E-state index in [0.29, 0.717) is 0 Å². The van der Waals surface area contributed by atoms with Gasteiger partial charge in [0, 0.05) is 0 Å². The normalized spacial score (nSPS) is 10.3. The summed E-state index contributed by atoms with van der Waals surface area (Å²) in [6.45, 7) is 1.32. The predicted octanol–water partition coefficient (Wildman–Crippen LogP) is 2.65. The van der Waals surface area contributed by atoms with Gasteiger partial charge in [0.15, 0.2) is 11.5 Å². The molecule has 1 aromatic rings. The summed E-state index contributed by atoms with van der Waals surface area (Å²) in [7, 11) is 0.903. The third-order valence-corrected chi connectivity index (χ3v) is 1.68. The van der Waals surface area contributed by atoms with Gasteiger partial charge in [-0.15, -0.1) is 0 Å². The Kier molecular flexibility index (Phi) is 3.39. The summed E-state index contributed by atoms with van der Waals surface area (Å²) in [6.07, 6.45) is 0. The van der Waals surface area contributed by atoms with Crippen molar-refractivity contribution in [1.82, 2.24) is 0 Å². The molecule has 0 radical (unpaired) electrons. The maximum atomic E-state index is 13.1. The summed E-state index contributed by atoms with van der Waals surface area (Å²) >= 11 is 0. The van der Waals surface area contributed by atoms with Crippen molar-refractivity contribution in [3.63, 3.8) is 0 Å². The second kappa shape index (κ2) is 4.37. The van der Waals surface area contributed by atoms with Gasteiger partial charge in [-0.3, -0.25) is 0 Å². The molecule has 0 saturated carbocycles. The van der Waals surface area contributed by atoms with Gasteiger partial charge < -0.3 is 9.47 Å². The molecular formula is C9H8F4O2. The average molecular weight is 224 g/mol. The number of methoxy groups -OCH3 is 1. The Morgan fingerprint density at radius 3 is 1.60 bits per heavy atom. The van der Waals surface area contributed by atoms with E-state index < -0.39 is 34.8 Å². The van der Waals surface area contributed by atoms with E-state index in [1.165, 1.54) is 6.92 Å². The molecule has 0 aliphatic carbocycles. The van der Waals surface area contributed by atoms with E-state index in [-0.39, 0.29) is 6.61 Å². The zero-order valence-electron chi connectivity index (χ0n) is 8.04. The Bertz CT molecular complexity index is 350. The molecule has 15 heavy (non-hydrogen) atoms. The average Bonchev–Trinajstić information content (AvgIpc) is 2.23. The number of hydrogen-bond acceptors (Lipinski definition) is 2. The lowest BCUT2D eigenvalue weighted by atomic mass is 10.2. The topological polar surface area (TPSA) is 18.5 Å². The fourth-order valence-electron chi connectivity index (χ4n) is 1.04. The van der Waals surface area contributed by atoms with Gasteiger partial charge in [0.2, 0.25) is 23.3 Å². The van der Waals surface area contributed by atoms with Crippen LogP contribution in [0.25, 0.3) is 0 Å². The molecule has 1 rings (SSSR count). The SMILES string of the molecule is CCOc1c(F)c(F)c(OC)c(F)c1F. The molecule has 0 spiro atoms. The maximum Gasteiger partial charge on any atom is 0.207 e. The van der Waals surface area contributed by atoms with Crippen molar-refractivity contribution in [1.29, 1.82) is 0 Å². The molecule has 0 aliphatic heterocycles. The monoisotopic (exact) mass is 224 g/mol. The first kappa shape index (κ1) is 11.6. The van der Waals surface area contributed by atoms with E-state index >= 15 is 0 Å². The van der Waals surface area contributed by atoms with Crippen molar-refractivity contribution in [2.45, 2.75) is 6.92 Å². The molecule has 0 fully saturated rings. The van der Waals surface area contributed by atoms with Crippen LogP contribution in [0.5, 0.6) is 11.5 Å². The van der Waals surface area contributed by atoms with Crippen molar-refractivity contribution < 1.29 is 27.0 Å². The second-order valence-electron chi connectivity index (χ2n) is 2.55. The first-order chi connectivity index (χ1) is 7.04. The van der Waals surface area contributed by atoms with E-state index in [9.17, 15) is 17.6 Å². The van der Waals surface area contributed by atoms with E-state index in [2.05, 4.69) is 9.47 Å². The molecule has 1 aromatic carbocycles. The minimum Gasteiger partial charge on any atom is -0.491 e. The molecule has 0 bridgehead atoms. The third-order valence-electron chi connectivity index (χ3n) is 1.68. The Balaban J connectivity index is 3.44. The first-order valence-corrected chi connectivity index (χ1v) is 4.07. The molecule has 0 unspecified atom stereocenters. The van der Waals surface area contributed by atoms with Crippen molar-refractivity contribution in [2.75, 3.05) is 13.7 Å². The van der Waals surface area contributed by atoms with E-state index in [4.69, 9.17) is 0 Å².